The number of carbonyl (C=O) groups excluding carboxylic acids is 1. The summed E-state index contributed by atoms with van der Waals surface area (Å²) in [5, 5.41) is 13.7. The molecule has 1 aliphatic rings. The average Bonchev–Trinajstić information content (AvgIpc) is 3.17. The van der Waals surface area contributed by atoms with Crippen LogP contribution in [-0.4, -0.2) is 40.0 Å². The van der Waals surface area contributed by atoms with Crippen molar-refractivity contribution >= 4 is 34.6 Å². The molecule has 0 aromatic carbocycles. The van der Waals surface area contributed by atoms with Crippen LogP contribution in [0.1, 0.15) is 17.4 Å². The van der Waals surface area contributed by atoms with Crippen molar-refractivity contribution < 1.29 is 14.7 Å². The van der Waals surface area contributed by atoms with Crippen LogP contribution in [0.2, 0.25) is 0 Å². The number of hydrogen-bond donors (Lipinski definition) is 1. The second kappa shape index (κ2) is 5.57. The van der Waals surface area contributed by atoms with Crippen molar-refractivity contribution in [1.29, 1.82) is 0 Å². The molecular formula is C14H14N2O3S2. The first-order valence-corrected chi connectivity index (χ1v) is 8.33. The molecule has 2 aromatic heterocycles. The molecule has 1 aliphatic heterocycles. The van der Waals surface area contributed by atoms with Gasteiger partial charge in [-0.05, 0) is 17.4 Å². The van der Waals surface area contributed by atoms with Crippen LogP contribution < -0.4 is 0 Å². The monoisotopic (exact) mass is 322 g/mol. The van der Waals surface area contributed by atoms with E-state index in [0.29, 0.717) is 12.2 Å². The molecule has 1 fully saturated rings. The van der Waals surface area contributed by atoms with Gasteiger partial charge in [0.25, 0.3) is 5.91 Å². The Morgan fingerprint density at radius 2 is 2.19 bits per heavy atom. The third kappa shape index (κ3) is 2.71. The molecule has 3 rings (SSSR count). The quantitative estimate of drug-likeness (QED) is 0.943. The van der Waals surface area contributed by atoms with Crippen molar-refractivity contribution in [1.82, 2.24) is 9.88 Å². The highest BCUT2D eigenvalue weighted by Gasteiger charge is 2.37. The minimum absolute atomic E-state index is 0.0261. The molecule has 1 N–H and O–H groups in total. The smallest absolute Gasteiger partial charge is 0.308 e. The molecule has 0 spiro atoms. The van der Waals surface area contributed by atoms with Crippen molar-refractivity contribution in [2.75, 3.05) is 13.1 Å². The van der Waals surface area contributed by atoms with E-state index in [0.717, 1.165) is 9.88 Å². The Labute approximate surface area is 129 Å². The highest BCUT2D eigenvalue weighted by atomic mass is 32.1. The molecule has 3 heterocycles. The highest BCUT2D eigenvalue weighted by Crippen LogP contribution is 2.29. The van der Waals surface area contributed by atoms with Gasteiger partial charge in [0.1, 0.15) is 10.7 Å². The summed E-state index contributed by atoms with van der Waals surface area (Å²) >= 11 is 3.02. The van der Waals surface area contributed by atoms with Crippen molar-refractivity contribution in [3.63, 3.8) is 0 Å². The number of thiazole rings is 1. The predicted octanol–water partition coefficient (Wildman–Crippen LogP) is 2.66. The van der Waals surface area contributed by atoms with Crippen LogP contribution in [0.15, 0.2) is 22.9 Å². The Balaban J connectivity index is 1.76. The van der Waals surface area contributed by atoms with Crippen LogP contribution >= 0.6 is 22.7 Å². The summed E-state index contributed by atoms with van der Waals surface area (Å²) in [4.78, 5) is 30.6. The summed E-state index contributed by atoms with van der Waals surface area (Å²) < 4.78 is 0. The van der Waals surface area contributed by atoms with Gasteiger partial charge in [0.15, 0.2) is 0 Å². The second-order valence-electron chi connectivity index (χ2n) is 5.15. The molecule has 1 amide bonds. The fourth-order valence-electron chi connectivity index (χ4n) is 2.50. The molecule has 1 saturated heterocycles. The predicted molar refractivity (Wildman–Crippen MR) is 81.6 cm³/mol. The summed E-state index contributed by atoms with van der Waals surface area (Å²) in [5.74, 6) is -1.52. The summed E-state index contributed by atoms with van der Waals surface area (Å²) in [6.45, 7) is 2.60. The first-order chi connectivity index (χ1) is 10.1. The van der Waals surface area contributed by atoms with E-state index < -0.39 is 11.9 Å². The van der Waals surface area contributed by atoms with Crippen LogP contribution in [0, 0.1) is 11.8 Å². The largest absolute Gasteiger partial charge is 0.481 e. The topological polar surface area (TPSA) is 70.5 Å². The Kier molecular flexibility index (Phi) is 3.77. The van der Waals surface area contributed by atoms with Gasteiger partial charge in [0, 0.05) is 18.5 Å². The summed E-state index contributed by atoms with van der Waals surface area (Å²) in [6.07, 6.45) is 0. The van der Waals surface area contributed by atoms with Gasteiger partial charge in [-0.3, -0.25) is 9.59 Å². The van der Waals surface area contributed by atoms with Gasteiger partial charge < -0.3 is 10.0 Å². The van der Waals surface area contributed by atoms with Gasteiger partial charge in [-0.1, -0.05) is 13.0 Å². The zero-order valence-corrected chi connectivity index (χ0v) is 13.0. The van der Waals surface area contributed by atoms with Crippen LogP contribution in [0.4, 0.5) is 0 Å². The molecule has 0 bridgehead atoms. The summed E-state index contributed by atoms with van der Waals surface area (Å²) in [6, 6.07) is 3.92. The molecular weight excluding hydrogens is 308 g/mol. The Morgan fingerprint density at radius 1 is 1.38 bits per heavy atom. The number of likely N-dealkylation sites (tertiary alicyclic amines) is 1. The zero-order chi connectivity index (χ0) is 15.0. The maximum absolute atomic E-state index is 12.4. The number of carboxylic acid groups (broad SMARTS) is 1. The minimum atomic E-state index is -0.838. The van der Waals surface area contributed by atoms with Gasteiger partial charge in [-0.2, -0.15) is 0 Å². The van der Waals surface area contributed by atoms with Gasteiger partial charge in [0.2, 0.25) is 0 Å². The molecule has 0 unspecified atom stereocenters. The molecule has 0 aliphatic carbocycles. The molecule has 2 atom stereocenters. The molecule has 110 valence electrons. The first-order valence-electron chi connectivity index (χ1n) is 6.57. The SMILES string of the molecule is C[C@@H]1CN(C(=O)c2csc(-c3cccs3)n2)C[C@H]1C(=O)O. The average molecular weight is 322 g/mol. The number of thiophene rings is 1. The van der Waals surface area contributed by atoms with E-state index in [-0.39, 0.29) is 18.4 Å². The number of aliphatic carboxylic acids is 1. The van der Waals surface area contributed by atoms with Crippen molar-refractivity contribution in [2.24, 2.45) is 11.8 Å². The van der Waals surface area contributed by atoms with Gasteiger partial charge in [-0.25, -0.2) is 4.98 Å². The van der Waals surface area contributed by atoms with E-state index >= 15 is 0 Å². The lowest BCUT2D eigenvalue weighted by molar-refractivity contribution is -0.142. The molecule has 0 radical (unpaired) electrons. The van der Waals surface area contributed by atoms with Gasteiger partial charge >= 0.3 is 5.97 Å². The Morgan fingerprint density at radius 3 is 2.81 bits per heavy atom. The number of nitrogens with zero attached hydrogens (tertiary/aromatic N) is 2. The van der Waals surface area contributed by atoms with Crippen LogP contribution in [0.5, 0.6) is 0 Å². The van der Waals surface area contributed by atoms with Crippen molar-refractivity contribution in [3.8, 4) is 9.88 Å². The molecule has 2 aromatic rings. The number of hydrogen-bond acceptors (Lipinski definition) is 5. The van der Waals surface area contributed by atoms with E-state index in [1.165, 1.54) is 11.3 Å². The van der Waals surface area contributed by atoms with E-state index in [9.17, 15) is 9.59 Å². The molecule has 21 heavy (non-hydrogen) atoms. The lowest BCUT2D eigenvalue weighted by Gasteiger charge is -2.13. The van der Waals surface area contributed by atoms with E-state index in [2.05, 4.69) is 4.98 Å². The normalized spacial score (nSPS) is 21.7. The maximum atomic E-state index is 12.4. The molecule has 7 heteroatoms. The number of amides is 1. The third-order valence-corrected chi connectivity index (χ3v) is 5.55. The van der Waals surface area contributed by atoms with Crippen LogP contribution in [-0.2, 0) is 4.79 Å². The maximum Gasteiger partial charge on any atom is 0.308 e. The van der Waals surface area contributed by atoms with Crippen molar-refractivity contribution in [3.05, 3.63) is 28.6 Å². The number of carbonyl (C=O) groups is 2. The minimum Gasteiger partial charge on any atom is -0.481 e. The van der Waals surface area contributed by atoms with E-state index in [1.807, 2.05) is 24.4 Å². The Hall–Kier alpha value is -1.73. The van der Waals surface area contributed by atoms with E-state index in [1.54, 1.807) is 21.6 Å². The summed E-state index contributed by atoms with van der Waals surface area (Å²) in [5.41, 5.74) is 0.404. The number of rotatable bonds is 3. The third-order valence-electron chi connectivity index (χ3n) is 3.67. The summed E-state index contributed by atoms with van der Waals surface area (Å²) in [7, 11) is 0. The van der Waals surface area contributed by atoms with Crippen LogP contribution in [0.25, 0.3) is 9.88 Å². The highest BCUT2D eigenvalue weighted by molar-refractivity contribution is 7.20. The first kappa shape index (κ1) is 14.2. The standard InChI is InChI=1S/C14H14N2O3S2/c1-8-5-16(6-9(8)14(18)19)13(17)10-7-21-12(15-10)11-3-2-4-20-11/h2-4,7-9H,5-6H2,1H3,(H,18,19)/t8-,9-/m1/s1. The lowest BCUT2D eigenvalue weighted by Crippen LogP contribution is -2.30. The molecule has 5 nitrogen and oxygen atoms in total. The fourth-order valence-corrected chi connectivity index (χ4v) is 4.11. The second-order valence-corrected chi connectivity index (χ2v) is 6.95. The van der Waals surface area contributed by atoms with Gasteiger partial charge in [-0.15, -0.1) is 22.7 Å². The number of carboxylic acids is 1. The molecule has 0 saturated carbocycles. The number of aromatic nitrogens is 1. The van der Waals surface area contributed by atoms with Gasteiger partial charge in [0.05, 0.1) is 10.8 Å². The zero-order valence-electron chi connectivity index (χ0n) is 11.4. The van der Waals surface area contributed by atoms with E-state index in [4.69, 9.17) is 5.11 Å². The van der Waals surface area contributed by atoms with Crippen LogP contribution in [0.3, 0.4) is 0 Å². The van der Waals surface area contributed by atoms with Crippen molar-refractivity contribution in [2.45, 2.75) is 6.92 Å². The fraction of sp³-hybridized carbons (Fsp3) is 0.357. The lowest BCUT2D eigenvalue weighted by atomic mass is 9.99. The Bertz CT molecular complexity index is 666.